The number of fused-ring (bicyclic) bond motifs is 10. The number of unbranched alkanes of at least 4 members (excludes halogenated alkanes) is 6. The lowest BCUT2D eigenvalue weighted by Crippen LogP contribution is -2.47. The van der Waals surface area contributed by atoms with E-state index in [-0.39, 0.29) is 97.7 Å². The second-order valence-electron chi connectivity index (χ2n) is 28.4. The number of amides is 2. The minimum absolute atomic E-state index is 0.0317. The summed E-state index contributed by atoms with van der Waals surface area (Å²) in [6, 6.07) is 11.4. The van der Waals surface area contributed by atoms with Gasteiger partial charge in [-0.2, -0.15) is 0 Å². The summed E-state index contributed by atoms with van der Waals surface area (Å²) >= 11 is 0. The Kier molecular flexibility index (Phi) is 24.1. The summed E-state index contributed by atoms with van der Waals surface area (Å²) in [6.07, 6.45) is 6.59. The zero-order chi connectivity index (χ0) is 75.0. The largest absolute Gasteiger partial charge is 0.514 e. The van der Waals surface area contributed by atoms with E-state index in [0.717, 1.165) is 71.6 Å². The number of pyridine rings is 4. The summed E-state index contributed by atoms with van der Waals surface area (Å²) < 4.78 is 42.0. The van der Waals surface area contributed by atoms with Gasteiger partial charge in [0.05, 0.1) is 70.9 Å². The Balaban J connectivity index is 0.000000245. The number of carbonyl (C=O) groups excluding carboxylic acids is 8. The Labute approximate surface area is 596 Å². The second kappa shape index (κ2) is 32.1. The third-order valence-corrected chi connectivity index (χ3v) is 18.8. The average Bonchev–Trinajstić information content (AvgIpc) is 1.63. The van der Waals surface area contributed by atoms with Crippen LogP contribution in [0.25, 0.3) is 44.6 Å². The van der Waals surface area contributed by atoms with Gasteiger partial charge in [0.1, 0.15) is 48.0 Å². The number of cyclic esters (lactones) is 2. The highest BCUT2D eigenvalue weighted by atomic mass is 16.7. The average molecular weight is 1420 g/mol. The number of carboxylic acid groups (broad SMARTS) is 1. The molecule has 2 unspecified atom stereocenters. The maximum absolute atomic E-state index is 14.2. The van der Waals surface area contributed by atoms with Gasteiger partial charge in [0.15, 0.2) is 0 Å². The highest BCUT2D eigenvalue weighted by Gasteiger charge is 2.52. The number of rotatable bonds is 27. The zero-order valence-electron chi connectivity index (χ0n) is 60.9. The molecule has 0 aliphatic carbocycles. The van der Waals surface area contributed by atoms with Gasteiger partial charge in [-0.15, -0.1) is 0 Å². The number of carbonyl (C=O) groups is 9. The maximum atomic E-state index is 14.2. The lowest BCUT2D eigenvalue weighted by molar-refractivity contribution is -0.189. The highest BCUT2D eigenvalue weighted by molar-refractivity contribution is 5.94. The van der Waals surface area contributed by atoms with Gasteiger partial charge in [-0.05, 0) is 140 Å². The molecule has 0 radical (unpaired) electrons. The molecule has 10 rings (SSSR count). The molecule has 8 heterocycles. The molecule has 0 fully saturated rings. The number of ether oxygens (including phenoxy) is 7. The number of aromatic nitrogens is 4. The number of benzene rings is 2. The number of phenolic OH excluding ortho intramolecular Hbond substituents is 1. The predicted octanol–water partition coefficient (Wildman–Crippen LogP) is 11.3. The highest BCUT2D eigenvalue weighted by Crippen LogP contribution is 2.45. The first kappa shape index (κ1) is 77.2. The molecule has 4 N–H and O–H groups in total. The van der Waals surface area contributed by atoms with Crippen LogP contribution in [0.4, 0.5) is 4.79 Å². The molecule has 26 heteroatoms. The summed E-state index contributed by atoms with van der Waals surface area (Å²) in [7, 11) is 0. The number of aromatic hydroxyl groups is 1. The van der Waals surface area contributed by atoms with E-state index < -0.39 is 107 Å². The van der Waals surface area contributed by atoms with Crippen molar-refractivity contribution in [1.82, 2.24) is 29.7 Å². The van der Waals surface area contributed by atoms with Crippen molar-refractivity contribution < 1.29 is 86.5 Å². The Morgan fingerprint density at radius 3 is 1.45 bits per heavy atom. The van der Waals surface area contributed by atoms with Gasteiger partial charge in [-0.25, -0.2) is 33.9 Å². The monoisotopic (exact) mass is 1420 g/mol. The van der Waals surface area contributed by atoms with Gasteiger partial charge < -0.3 is 63.1 Å². The smallest absolute Gasteiger partial charge is 0.508 e. The predicted molar refractivity (Wildman–Crippen MR) is 377 cm³/mol. The van der Waals surface area contributed by atoms with Gasteiger partial charge in [0, 0.05) is 45.9 Å². The Morgan fingerprint density at radius 2 is 1.01 bits per heavy atom. The van der Waals surface area contributed by atoms with Gasteiger partial charge in [-0.3, -0.25) is 28.8 Å². The summed E-state index contributed by atoms with van der Waals surface area (Å²) in [4.78, 5) is 154. The molecular formula is C77H94N6O20. The van der Waals surface area contributed by atoms with Gasteiger partial charge >= 0.3 is 42.0 Å². The molecule has 0 saturated heterocycles. The number of aryl methyl sites for hydroxylation is 2. The van der Waals surface area contributed by atoms with Crippen LogP contribution in [0.3, 0.4) is 0 Å². The van der Waals surface area contributed by atoms with Crippen molar-refractivity contribution in [3.63, 3.8) is 0 Å². The number of nitrogens with one attached hydrogen (secondary N) is 2. The van der Waals surface area contributed by atoms with E-state index in [1.807, 2.05) is 20.8 Å². The summed E-state index contributed by atoms with van der Waals surface area (Å²) in [5.41, 5.74) is 1.42. The van der Waals surface area contributed by atoms with Crippen molar-refractivity contribution >= 4 is 75.6 Å². The van der Waals surface area contributed by atoms with E-state index in [0.29, 0.717) is 65.9 Å². The van der Waals surface area contributed by atoms with Crippen LogP contribution in [0.5, 0.6) is 11.5 Å². The lowest BCUT2D eigenvalue weighted by atomic mass is 9.85. The first-order valence-electron chi connectivity index (χ1n) is 35.7. The molecule has 2 amide bonds. The van der Waals surface area contributed by atoms with Crippen LogP contribution in [-0.2, 0) is 117 Å². The fourth-order valence-corrected chi connectivity index (χ4v) is 13.7. The number of hydrogen-bond donors (Lipinski definition) is 4. The molecule has 4 aromatic heterocycles. The number of phenols is 1. The topological polar surface area (TPSA) is 353 Å². The van der Waals surface area contributed by atoms with E-state index in [4.69, 9.17) is 43.1 Å². The number of esters is 5. The molecule has 0 bridgehead atoms. The maximum Gasteiger partial charge on any atom is 0.514 e. The number of hydrogen-bond acceptors (Lipinski definition) is 21. The van der Waals surface area contributed by atoms with Crippen molar-refractivity contribution in [3.05, 3.63) is 114 Å². The van der Waals surface area contributed by atoms with Crippen LogP contribution in [0.1, 0.15) is 230 Å². The lowest BCUT2D eigenvalue weighted by Gasteiger charge is -2.35. The number of aliphatic carboxylic acids is 1. The fraction of sp³-hybridized carbons (Fsp3) is 0.519. The Bertz CT molecular complexity index is 4460. The molecule has 0 spiro atoms. The Morgan fingerprint density at radius 1 is 0.563 bits per heavy atom. The van der Waals surface area contributed by atoms with Crippen LogP contribution in [0.15, 0.2) is 58.1 Å². The van der Waals surface area contributed by atoms with E-state index in [9.17, 15) is 63.0 Å². The SMILES string of the molecule is CCCCCCC(NC(=O)CCC(=O)O[C@]1(CC)C(=O)OCc2c1cc1n(c2=O)Cc2c-1nc1ccc(O)cc1c2CC)C(=O)O.CCCCCCC(NC(=O)CCC(=O)O[C@]1(CC)C(=O)OCc2c1cc1n(c2=O)Cc2c-1nc1ccc(OC(=O)OC(C)(C)C)cc1c2CC)C(=O)OC(C)(C)C. The van der Waals surface area contributed by atoms with Gasteiger partial charge in [0.25, 0.3) is 11.1 Å². The molecule has 4 atom stereocenters. The van der Waals surface area contributed by atoms with Crippen LogP contribution in [-0.4, -0.2) is 106 Å². The molecule has 4 aliphatic heterocycles. The normalized spacial score (nSPS) is 16.7. The molecular weight excluding hydrogens is 1330 g/mol. The fourth-order valence-electron chi connectivity index (χ4n) is 13.7. The van der Waals surface area contributed by atoms with E-state index in [1.54, 1.807) is 113 Å². The van der Waals surface area contributed by atoms with E-state index in [1.165, 1.54) is 0 Å². The first-order valence-corrected chi connectivity index (χ1v) is 35.7. The van der Waals surface area contributed by atoms with E-state index >= 15 is 0 Å². The molecule has 0 saturated carbocycles. The minimum atomic E-state index is -1.95. The van der Waals surface area contributed by atoms with Crippen LogP contribution in [0.2, 0.25) is 0 Å². The molecule has 6 aromatic rings. The number of carboxylic acids is 1. The third-order valence-electron chi connectivity index (χ3n) is 18.8. The summed E-state index contributed by atoms with van der Waals surface area (Å²) in [5.74, 6) is -5.84. The third kappa shape index (κ3) is 16.9. The number of nitrogens with zero attached hydrogens (tertiary/aromatic N) is 4. The van der Waals surface area contributed by atoms with Crippen molar-refractivity contribution in [1.29, 1.82) is 0 Å². The van der Waals surface area contributed by atoms with Crippen LogP contribution < -0.4 is 26.5 Å². The standard InChI is InChI=1S/C43H55N3O11.C34H39N3O9/c1-10-13-14-15-16-32(38(50)56-41(4,5)6)44-34(47)19-20-35(48)55-43(12-3)30-22-33-36-28(23-46(33)37(49)29(30)24-53-39(43)51)26(11-2)27-21-25(17-18-31(27)45-36)54-40(52)57-42(7,8)9;1-4-7-8-9-10-26(32(42)43)35-28(39)13-14-29(40)46-34(6-3)24-16-27-30-22(17-37(27)31(41)23(24)18-45-33(34)44)20(5-2)21-15-19(38)11-12-25(21)36-30/h17-18,21-22,32H,10-16,19-20,23-24H2,1-9H3,(H,44,47);11-12,15-16,26,38H,4-10,13-14,17-18H2,1-3H3,(H,35,39)(H,42,43)/t32?,43-;26?,34-/m00/s1. The summed E-state index contributed by atoms with van der Waals surface area (Å²) in [6.45, 7) is 21.7. The van der Waals surface area contributed by atoms with Crippen molar-refractivity contribution in [2.45, 2.75) is 259 Å². The van der Waals surface area contributed by atoms with E-state index in [2.05, 4.69) is 17.6 Å². The first-order chi connectivity index (χ1) is 48.8. The van der Waals surface area contributed by atoms with Gasteiger partial charge in [0.2, 0.25) is 23.0 Å². The summed E-state index contributed by atoms with van der Waals surface area (Å²) in [5, 5.41) is 26.3. The van der Waals surface area contributed by atoms with Gasteiger partial charge in [-0.1, -0.05) is 92.9 Å². The van der Waals surface area contributed by atoms with Crippen molar-refractivity contribution in [3.8, 4) is 34.3 Å². The molecule has 552 valence electrons. The van der Waals surface area contributed by atoms with Crippen molar-refractivity contribution in [2.24, 2.45) is 0 Å². The van der Waals surface area contributed by atoms with Crippen LogP contribution in [0, 0.1) is 0 Å². The molecule has 26 nitrogen and oxygen atoms in total. The van der Waals surface area contributed by atoms with Crippen LogP contribution >= 0.6 is 0 Å². The van der Waals surface area contributed by atoms with Crippen molar-refractivity contribution in [2.75, 3.05) is 0 Å². The molecule has 103 heavy (non-hydrogen) atoms. The Hall–Kier alpha value is -10.0. The quantitative estimate of drug-likeness (QED) is 0.0161. The zero-order valence-corrected chi connectivity index (χ0v) is 60.9. The second-order valence-corrected chi connectivity index (χ2v) is 28.4. The molecule has 4 aliphatic rings. The molecule has 2 aromatic carbocycles. The minimum Gasteiger partial charge on any atom is -0.508 e.